The molecule has 0 aliphatic rings. The molecule has 0 unspecified atom stereocenters. The van der Waals surface area contributed by atoms with E-state index in [1.807, 2.05) is 36.1 Å². The van der Waals surface area contributed by atoms with Gasteiger partial charge in [0.05, 0.1) is 12.2 Å². The fraction of sp³-hybridized carbons (Fsp3) is 0.375. The van der Waals surface area contributed by atoms with Gasteiger partial charge in [-0.05, 0) is 39.1 Å². The molecule has 0 atom stereocenters. The molecular weight excluding hydrogens is 292 g/mol. The van der Waals surface area contributed by atoms with Gasteiger partial charge in [0.25, 0.3) is 0 Å². The molecule has 3 aromatic rings. The predicted octanol–water partition coefficient (Wildman–Crippen LogP) is 2.54. The molecule has 3 aromatic heterocycles. The van der Waals surface area contributed by atoms with E-state index in [-0.39, 0.29) is 0 Å². The molecule has 3 rings (SSSR count). The highest BCUT2D eigenvalue weighted by Gasteiger charge is 2.12. The van der Waals surface area contributed by atoms with Crippen molar-refractivity contribution in [1.29, 1.82) is 0 Å². The minimum absolute atomic E-state index is 0.368. The van der Waals surface area contributed by atoms with Crippen LogP contribution in [-0.4, -0.2) is 36.9 Å². The summed E-state index contributed by atoms with van der Waals surface area (Å²) in [5.74, 6) is 1.14. The summed E-state index contributed by atoms with van der Waals surface area (Å²) in [6, 6.07) is 6.16. The van der Waals surface area contributed by atoms with Crippen LogP contribution in [0.1, 0.15) is 31.5 Å². The number of rotatable bonds is 6. The number of aromatic nitrogens is 5. The molecule has 0 saturated heterocycles. The average Bonchev–Trinajstić information content (AvgIpc) is 3.18. The van der Waals surface area contributed by atoms with Crippen molar-refractivity contribution in [3.8, 4) is 11.4 Å². The maximum absolute atomic E-state index is 5.31. The lowest BCUT2D eigenvalue weighted by molar-refractivity contribution is 0.257. The zero-order valence-corrected chi connectivity index (χ0v) is 13.5. The Bertz CT molecular complexity index is 749. The molecule has 0 aliphatic heterocycles. The van der Waals surface area contributed by atoms with E-state index >= 15 is 0 Å². The number of hydrogen-bond donors (Lipinski definition) is 0. The molecule has 0 radical (unpaired) electrons. The summed E-state index contributed by atoms with van der Waals surface area (Å²) in [5.41, 5.74) is 1.87. The monoisotopic (exact) mass is 312 g/mol. The van der Waals surface area contributed by atoms with Crippen LogP contribution in [0.3, 0.4) is 0 Å². The topological polar surface area (TPSA) is 72.9 Å². The second-order valence-electron chi connectivity index (χ2n) is 5.81. The molecule has 7 nitrogen and oxygen atoms in total. The molecule has 3 heterocycles. The van der Waals surface area contributed by atoms with E-state index in [2.05, 4.69) is 39.0 Å². The predicted molar refractivity (Wildman–Crippen MR) is 85.3 cm³/mol. The zero-order chi connectivity index (χ0) is 16.2. The van der Waals surface area contributed by atoms with Gasteiger partial charge in [-0.3, -0.25) is 14.6 Å². The molecule has 23 heavy (non-hydrogen) atoms. The van der Waals surface area contributed by atoms with E-state index in [0.717, 1.165) is 17.8 Å². The van der Waals surface area contributed by atoms with E-state index in [4.69, 9.17) is 4.52 Å². The Labute approximate surface area is 135 Å². The van der Waals surface area contributed by atoms with Crippen molar-refractivity contribution in [3.63, 3.8) is 0 Å². The second-order valence-corrected chi connectivity index (χ2v) is 5.81. The highest BCUT2D eigenvalue weighted by molar-refractivity contribution is 5.51. The van der Waals surface area contributed by atoms with E-state index in [9.17, 15) is 0 Å². The van der Waals surface area contributed by atoms with Crippen LogP contribution in [0, 0.1) is 0 Å². The standard InChI is InChI=1S/C16H20N6O/c1-12(2)22-8-6-14(19-22)10-21(3)11-15-18-16(20-23-15)13-5-4-7-17-9-13/h4-9,12H,10-11H2,1-3H3. The Balaban J connectivity index is 1.61. The number of nitrogens with zero attached hydrogens (tertiary/aromatic N) is 6. The molecule has 0 bridgehead atoms. The van der Waals surface area contributed by atoms with Crippen molar-refractivity contribution in [3.05, 3.63) is 48.4 Å². The average molecular weight is 312 g/mol. The van der Waals surface area contributed by atoms with Crippen molar-refractivity contribution in [2.45, 2.75) is 33.0 Å². The van der Waals surface area contributed by atoms with Crippen LogP contribution in [0.2, 0.25) is 0 Å². The summed E-state index contributed by atoms with van der Waals surface area (Å²) in [4.78, 5) is 10.6. The van der Waals surface area contributed by atoms with Gasteiger partial charge in [-0.1, -0.05) is 5.16 Å². The van der Waals surface area contributed by atoms with Crippen LogP contribution < -0.4 is 0 Å². The molecule has 7 heteroatoms. The maximum atomic E-state index is 5.31. The first-order valence-electron chi connectivity index (χ1n) is 7.57. The largest absolute Gasteiger partial charge is 0.338 e. The zero-order valence-electron chi connectivity index (χ0n) is 13.5. The smallest absolute Gasteiger partial charge is 0.241 e. The van der Waals surface area contributed by atoms with Crippen molar-refractivity contribution < 1.29 is 4.52 Å². The first-order chi connectivity index (χ1) is 11.1. The van der Waals surface area contributed by atoms with Crippen molar-refractivity contribution in [2.24, 2.45) is 0 Å². The molecule has 0 N–H and O–H groups in total. The summed E-state index contributed by atoms with van der Waals surface area (Å²) in [5, 5.41) is 8.55. The van der Waals surface area contributed by atoms with Gasteiger partial charge in [-0.25, -0.2) is 0 Å². The molecule has 0 saturated carbocycles. The maximum Gasteiger partial charge on any atom is 0.241 e. The third-order valence-electron chi connectivity index (χ3n) is 3.42. The Morgan fingerprint density at radius 2 is 2.13 bits per heavy atom. The van der Waals surface area contributed by atoms with Gasteiger partial charge >= 0.3 is 0 Å². The first kappa shape index (κ1) is 15.4. The third kappa shape index (κ3) is 3.81. The van der Waals surface area contributed by atoms with E-state index in [1.54, 1.807) is 12.4 Å². The van der Waals surface area contributed by atoms with Gasteiger partial charge < -0.3 is 4.52 Å². The molecule has 0 spiro atoms. The van der Waals surface area contributed by atoms with Gasteiger partial charge in [0, 0.05) is 36.7 Å². The van der Waals surface area contributed by atoms with Gasteiger partial charge in [0.1, 0.15) is 0 Å². The van der Waals surface area contributed by atoms with Crippen LogP contribution >= 0.6 is 0 Å². The summed E-state index contributed by atoms with van der Waals surface area (Å²) >= 11 is 0. The third-order valence-corrected chi connectivity index (χ3v) is 3.42. The van der Waals surface area contributed by atoms with E-state index in [0.29, 0.717) is 24.3 Å². The van der Waals surface area contributed by atoms with Crippen LogP contribution in [-0.2, 0) is 13.1 Å². The highest BCUT2D eigenvalue weighted by atomic mass is 16.5. The Morgan fingerprint density at radius 3 is 2.83 bits per heavy atom. The lowest BCUT2D eigenvalue weighted by Gasteiger charge is -2.12. The summed E-state index contributed by atoms with van der Waals surface area (Å²) in [7, 11) is 2.00. The number of hydrogen-bond acceptors (Lipinski definition) is 6. The van der Waals surface area contributed by atoms with Gasteiger partial charge in [0.15, 0.2) is 0 Å². The van der Waals surface area contributed by atoms with Gasteiger partial charge in [-0.2, -0.15) is 10.1 Å². The quantitative estimate of drug-likeness (QED) is 0.696. The van der Waals surface area contributed by atoms with Crippen molar-refractivity contribution in [2.75, 3.05) is 7.05 Å². The Kier molecular flexibility index (Phi) is 4.47. The van der Waals surface area contributed by atoms with E-state index < -0.39 is 0 Å². The van der Waals surface area contributed by atoms with Crippen LogP contribution in [0.4, 0.5) is 0 Å². The normalized spacial score (nSPS) is 11.5. The van der Waals surface area contributed by atoms with Crippen LogP contribution in [0.5, 0.6) is 0 Å². The molecule has 0 aromatic carbocycles. The highest BCUT2D eigenvalue weighted by Crippen LogP contribution is 2.15. The van der Waals surface area contributed by atoms with Crippen molar-refractivity contribution >= 4 is 0 Å². The second kappa shape index (κ2) is 6.70. The fourth-order valence-electron chi connectivity index (χ4n) is 2.24. The van der Waals surface area contributed by atoms with Crippen LogP contribution in [0.15, 0.2) is 41.3 Å². The molecule has 0 amide bonds. The summed E-state index contributed by atoms with van der Waals surface area (Å²) < 4.78 is 7.27. The SMILES string of the molecule is CC(C)n1ccc(CN(C)Cc2nc(-c3cccnc3)no2)n1. The van der Waals surface area contributed by atoms with E-state index in [1.165, 1.54) is 0 Å². The van der Waals surface area contributed by atoms with Gasteiger partial charge in [-0.15, -0.1) is 0 Å². The lowest BCUT2D eigenvalue weighted by atomic mass is 10.3. The summed E-state index contributed by atoms with van der Waals surface area (Å²) in [6.07, 6.45) is 5.44. The fourth-order valence-corrected chi connectivity index (χ4v) is 2.24. The number of pyridine rings is 1. The van der Waals surface area contributed by atoms with Gasteiger partial charge in [0.2, 0.25) is 11.7 Å². The summed E-state index contributed by atoms with van der Waals surface area (Å²) in [6.45, 7) is 5.52. The Morgan fingerprint density at radius 1 is 1.26 bits per heavy atom. The minimum Gasteiger partial charge on any atom is -0.338 e. The first-order valence-corrected chi connectivity index (χ1v) is 7.57. The molecule has 120 valence electrons. The minimum atomic E-state index is 0.368. The lowest BCUT2D eigenvalue weighted by Crippen LogP contribution is -2.18. The Hall–Kier alpha value is -2.54. The van der Waals surface area contributed by atoms with Crippen molar-refractivity contribution in [1.82, 2.24) is 29.8 Å². The molecule has 0 aliphatic carbocycles. The molecular formula is C16H20N6O. The van der Waals surface area contributed by atoms with Crippen LogP contribution in [0.25, 0.3) is 11.4 Å². The molecule has 0 fully saturated rings.